The quantitative estimate of drug-likeness (QED) is 0.135. The first-order chi connectivity index (χ1) is 39.2. The monoisotopic (exact) mass is 1000 g/mol. The standard InChI is InChI=1S/C77H52N2/c1-5-20-53(21-6-1)55-36-43-61(44-37-55)78(59-24-9-3-10-25-59)62-45-40-57(41-46-62)58-42-49-70-74(52-58)77(71-33-17-15-29-66(71)67-30-16-18-34-72(67)77)73-35-19-32-69(76(70)73)65-50-51-75(68-31-14-13-28-64(65)68)79(60-26-11-4-12-27-60)63-47-38-56(39-48-63)54-22-7-2-8-23-54/h1-52H. The van der Waals surface area contributed by atoms with Gasteiger partial charge >= 0.3 is 0 Å². The van der Waals surface area contributed by atoms with Crippen LogP contribution in [0.15, 0.2) is 315 Å². The molecule has 0 heterocycles. The summed E-state index contributed by atoms with van der Waals surface area (Å²) in [5, 5.41) is 2.39. The van der Waals surface area contributed by atoms with E-state index in [1.54, 1.807) is 0 Å². The average molecular weight is 1010 g/mol. The molecule has 0 bridgehead atoms. The van der Waals surface area contributed by atoms with Crippen LogP contribution in [0.5, 0.6) is 0 Å². The molecule has 15 rings (SSSR count). The van der Waals surface area contributed by atoms with Gasteiger partial charge in [-0.1, -0.05) is 243 Å². The SMILES string of the molecule is c1ccc(-c2ccc(N(c3ccccc3)c3ccc(-c4ccc5c(c4)C4(c6ccccc6-c6ccccc64)c4cccc(-c6ccc(N(c7ccccc7)c7ccc(-c8ccccc8)cc7)c7ccccc67)c4-5)cc3)cc2)cc1. The molecular formula is C77H52N2. The summed E-state index contributed by atoms with van der Waals surface area (Å²) in [5.41, 5.74) is 26.2. The Morgan fingerprint density at radius 1 is 0.203 bits per heavy atom. The minimum Gasteiger partial charge on any atom is -0.311 e. The van der Waals surface area contributed by atoms with Crippen molar-refractivity contribution in [2.75, 3.05) is 9.80 Å². The summed E-state index contributed by atoms with van der Waals surface area (Å²) in [6.45, 7) is 0. The van der Waals surface area contributed by atoms with Gasteiger partial charge in [-0.25, -0.2) is 0 Å². The minimum atomic E-state index is -0.536. The molecule has 0 saturated carbocycles. The van der Waals surface area contributed by atoms with Gasteiger partial charge in [-0.15, -0.1) is 0 Å². The van der Waals surface area contributed by atoms with Gasteiger partial charge < -0.3 is 9.80 Å². The zero-order valence-electron chi connectivity index (χ0n) is 43.4. The third kappa shape index (κ3) is 7.56. The van der Waals surface area contributed by atoms with Crippen LogP contribution in [0.3, 0.4) is 0 Å². The Kier molecular flexibility index (Phi) is 11.1. The van der Waals surface area contributed by atoms with E-state index in [0.717, 1.165) is 34.1 Å². The van der Waals surface area contributed by atoms with Gasteiger partial charge in [0.2, 0.25) is 0 Å². The molecule has 2 heteroatoms. The molecule has 2 aliphatic carbocycles. The highest BCUT2D eigenvalue weighted by atomic mass is 15.1. The first-order valence-corrected chi connectivity index (χ1v) is 27.3. The number of para-hydroxylation sites is 2. The third-order valence-corrected chi connectivity index (χ3v) is 16.5. The first kappa shape index (κ1) is 46.1. The summed E-state index contributed by atoms with van der Waals surface area (Å²) in [6, 6.07) is 116. The molecule has 0 saturated heterocycles. The molecule has 79 heavy (non-hydrogen) atoms. The summed E-state index contributed by atoms with van der Waals surface area (Å²) < 4.78 is 0. The Balaban J connectivity index is 0.875. The second kappa shape index (κ2) is 19.1. The number of fused-ring (bicyclic) bond motifs is 11. The Hall–Kier alpha value is -10.3. The molecule has 0 amide bonds. The molecule has 0 fully saturated rings. The van der Waals surface area contributed by atoms with Crippen LogP contribution in [-0.4, -0.2) is 0 Å². The van der Waals surface area contributed by atoms with Gasteiger partial charge in [-0.2, -0.15) is 0 Å². The maximum Gasteiger partial charge on any atom is 0.0725 e. The largest absolute Gasteiger partial charge is 0.311 e. The second-order valence-corrected chi connectivity index (χ2v) is 20.7. The fraction of sp³-hybridized carbons (Fsp3) is 0.0130. The fourth-order valence-corrected chi connectivity index (χ4v) is 13.0. The molecule has 2 nitrogen and oxygen atoms in total. The van der Waals surface area contributed by atoms with Crippen molar-refractivity contribution in [3.8, 4) is 66.8 Å². The summed E-state index contributed by atoms with van der Waals surface area (Å²) in [4.78, 5) is 4.75. The topological polar surface area (TPSA) is 6.48 Å². The molecular weight excluding hydrogens is 953 g/mol. The van der Waals surface area contributed by atoms with Gasteiger partial charge in [0.25, 0.3) is 0 Å². The Bertz CT molecular complexity index is 4330. The van der Waals surface area contributed by atoms with Gasteiger partial charge in [0.05, 0.1) is 11.1 Å². The van der Waals surface area contributed by atoms with E-state index in [2.05, 4.69) is 325 Å². The number of benzene rings is 13. The highest BCUT2D eigenvalue weighted by Gasteiger charge is 2.52. The molecule has 0 radical (unpaired) electrons. The van der Waals surface area contributed by atoms with Crippen molar-refractivity contribution in [2.24, 2.45) is 0 Å². The van der Waals surface area contributed by atoms with Crippen molar-refractivity contribution >= 4 is 44.9 Å². The average Bonchev–Trinajstić information content (AvgIpc) is 3.36. The molecule has 0 aromatic heterocycles. The van der Waals surface area contributed by atoms with Crippen LogP contribution in [0.1, 0.15) is 22.3 Å². The Morgan fingerprint density at radius 3 is 1.14 bits per heavy atom. The lowest BCUT2D eigenvalue weighted by Gasteiger charge is -2.31. The van der Waals surface area contributed by atoms with Crippen molar-refractivity contribution in [1.82, 2.24) is 0 Å². The Labute approximate surface area is 462 Å². The number of nitrogens with zero attached hydrogens (tertiary/aromatic N) is 2. The molecule has 2 aliphatic rings. The van der Waals surface area contributed by atoms with Gasteiger partial charge in [0.1, 0.15) is 0 Å². The lowest BCUT2D eigenvalue weighted by molar-refractivity contribution is 0.794. The molecule has 0 atom stereocenters. The van der Waals surface area contributed by atoms with Crippen molar-refractivity contribution in [3.05, 3.63) is 338 Å². The molecule has 13 aromatic rings. The third-order valence-electron chi connectivity index (χ3n) is 16.5. The summed E-state index contributed by atoms with van der Waals surface area (Å²) in [5.74, 6) is 0. The van der Waals surface area contributed by atoms with E-state index < -0.39 is 5.41 Å². The van der Waals surface area contributed by atoms with E-state index in [4.69, 9.17) is 0 Å². The zero-order chi connectivity index (χ0) is 52.3. The van der Waals surface area contributed by atoms with Gasteiger partial charge in [-0.3, -0.25) is 0 Å². The van der Waals surface area contributed by atoms with E-state index >= 15 is 0 Å². The Morgan fingerprint density at radius 2 is 0.582 bits per heavy atom. The van der Waals surface area contributed by atoms with Crippen molar-refractivity contribution in [1.29, 1.82) is 0 Å². The minimum absolute atomic E-state index is 0.536. The molecule has 13 aromatic carbocycles. The molecule has 1 spiro atoms. The molecule has 370 valence electrons. The number of hydrogen-bond acceptors (Lipinski definition) is 2. The summed E-state index contributed by atoms with van der Waals surface area (Å²) in [7, 11) is 0. The maximum absolute atomic E-state index is 2.51. The number of anilines is 6. The van der Waals surface area contributed by atoms with Crippen LogP contribution in [-0.2, 0) is 5.41 Å². The van der Waals surface area contributed by atoms with Gasteiger partial charge in [0.15, 0.2) is 0 Å². The highest BCUT2D eigenvalue weighted by molar-refractivity contribution is 6.10. The summed E-state index contributed by atoms with van der Waals surface area (Å²) >= 11 is 0. The lowest BCUT2D eigenvalue weighted by Crippen LogP contribution is -2.25. The molecule has 0 N–H and O–H groups in total. The van der Waals surface area contributed by atoms with Crippen LogP contribution >= 0.6 is 0 Å². The van der Waals surface area contributed by atoms with Crippen molar-refractivity contribution in [2.45, 2.75) is 5.41 Å². The van der Waals surface area contributed by atoms with Crippen molar-refractivity contribution in [3.63, 3.8) is 0 Å². The van der Waals surface area contributed by atoms with Crippen LogP contribution in [0.2, 0.25) is 0 Å². The maximum atomic E-state index is 2.51. The predicted molar refractivity (Wildman–Crippen MR) is 331 cm³/mol. The molecule has 0 unspecified atom stereocenters. The van der Waals surface area contributed by atoms with Crippen LogP contribution in [0.25, 0.3) is 77.5 Å². The van der Waals surface area contributed by atoms with E-state index in [9.17, 15) is 0 Å². The van der Waals surface area contributed by atoms with Crippen molar-refractivity contribution < 1.29 is 0 Å². The van der Waals surface area contributed by atoms with Crippen LogP contribution in [0, 0.1) is 0 Å². The predicted octanol–water partition coefficient (Wildman–Crippen LogP) is 20.8. The van der Waals surface area contributed by atoms with Crippen LogP contribution in [0.4, 0.5) is 34.1 Å². The smallest absolute Gasteiger partial charge is 0.0725 e. The molecule has 0 aliphatic heterocycles. The normalized spacial score (nSPS) is 12.4. The van der Waals surface area contributed by atoms with E-state index in [-0.39, 0.29) is 0 Å². The number of hydrogen-bond donors (Lipinski definition) is 0. The second-order valence-electron chi connectivity index (χ2n) is 20.7. The van der Waals surface area contributed by atoms with E-state index in [0.29, 0.717) is 0 Å². The van der Waals surface area contributed by atoms with E-state index in [1.165, 1.54) is 99.8 Å². The zero-order valence-corrected chi connectivity index (χ0v) is 43.4. The highest BCUT2D eigenvalue weighted by Crippen LogP contribution is 2.64. The van der Waals surface area contributed by atoms with Crippen LogP contribution < -0.4 is 9.80 Å². The number of rotatable bonds is 10. The lowest BCUT2D eigenvalue weighted by atomic mass is 9.70. The van der Waals surface area contributed by atoms with Gasteiger partial charge in [0, 0.05) is 33.8 Å². The first-order valence-electron chi connectivity index (χ1n) is 27.3. The fourth-order valence-electron chi connectivity index (χ4n) is 13.0. The summed E-state index contributed by atoms with van der Waals surface area (Å²) in [6.07, 6.45) is 0. The van der Waals surface area contributed by atoms with Gasteiger partial charge in [-0.05, 0) is 167 Å². The van der Waals surface area contributed by atoms with E-state index in [1.807, 2.05) is 0 Å².